The smallest absolute Gasteiger partial charge is 0.261 e. The van der Waals surface area contributed by atoms with E-state index in [0.29, 0.717) is 34.9 Å². The number of hydrogen-bond acceptors (Lipinski definition) is 6. The lowest BCUT2D eigenvalue weighted by Crippen LogP contribution is -2.30. The Labute approximate surface area is 181 Å². The van der Waals surface area contributed by atoms with Crippen LogP contribution in [0.1, 0.15) is 54.8 Å². The summed E-state index contributed by atoms with van der Waals surface area (Å²) < 4.78 is 0. The predicted molar refractivity (Wildman–Crippen MR) is 117 cm³/mol. The van der Waals surface area contributed by atoms with E-state index < -0.39 is 11.8 Å². The molecular weight excluding hydrogens is 416 g/mol. The van der Waals surface area contributed by atoms with E-state index >= 15 is 0 Å². The fourth-order valence-electron chi connectivity index (χ4n) is 3.25. The molecule has 156 valence electrons. The van der Waals surface area contributed by atoms with Crippen LogP contribution in [0.15, 0.2) is 54.0 Å². The number of benzene rings is 2. The number of thiazole rings is 1. The van der Waals surface area contributed by atoms with Gasteiger partial charge in [0.25, 0.3) is 23.6 Å². The van der Waals surface area contributed by atoms with Gasteiger partial charge in [0.05, 0.1) is 11.1 Å². The van der Waals surface area contributed by atoms with Crippen LogP contribution in [-0.2, 0) is 0 Å². The fraction of sp³-hybridized carbons (Fsp3) is 0.136. The zero-order chi connectivity index (χ0) is 22.0. The summed E-state index contributed by atoms with van der Waals surface area (Å²) in [6.07, 6.45) is 2.25. The average Bonchev–Trinajstić information content (AvgIpc) is 3.36. The van der Waals surface area contributed by atoms with Gasteiger partial charge in [0.15, 0.2) is 5.13 Å². The molecule has 1 aliphatic rings. The molecule has 0 aliphatic carbocycles. The summed E-state index contributed by atoms with van der Waals surface area (Å²) in [6.45, 7) is 2.22. The minimum atomic E-state index is -0.450. The molecule has 0 unspecified atom stereocenters. The first-order valence-electron chi connectivity index (χ1n) is 9.60. The Balaban J connectivity index is 1.50. The topological polar surface area (TPSA) is 108 Å². The quantitative estimate of drug-likeness (QED) is 0.576. The van der Waals surface area contributed by atoms with Crippen molar-refractivity contribution in [3.8, 4) is 0 Å². The molecule has 31 heavy (non-hydrogen) atoms. The molecule has 2 heterocycles. The van der Waals surface area contributed by atoms with Crippen LogP contribution >= 0.6 is 11.3 Å². The number of carbonyl (C=O) groups is 4. The fourth-order valence-corrected chi connectivity index (χ4v) is 3.78. The molecule has 3 aromatic rings. The Hall–Kier alpha value is -3.85. The van der Waals surface area contributed by atoms with Gasteiger partial charge in [-0.3, -0.25) is 29.4 Å². The maximum Gasteiger partial charge on any atom is 0.261 e. The Kier molecular flexibility index (Phi) is 5.59. The van der Waals surface area contributed by atoms with E-state index in [-0.39, 0.29) is 22.9 Å². The van der Waals surface area contributed by atoms with Gasteiger partial charge in [-0.2, -0.15) is 0 Å². The highest BCUT2D eigenvalue weighted by molar-refractivity contribution is 7.13. The zero-order valence-corrected chi connectivity index (χ0v) is 17.4. The molecule has 0 spiro atoms. The molecule has 0 saturated carbocycles. The third kappa shape index (κ3) is 4.08. The van der Waals surface area contributed by atoms with Crippen molar-refractivity contribution in [2.75, 3.05) is 17.2 Å². The number of imide groups is 1. The van der Waals surface area contributed by atoms with Gasteiger partial charge in [0.1, 0.15) is 0 Å². The summed E-state index contributed by atoms with van der Waals surface area (Å²) in [5.74, 6) is -1.52. The number of hydrogen-bond donors (Lipinski definition) is 2. The molecule has 0 radical (unpaired) electrons. The lowest BCUT2D eigenvalue weighted by molar-refractivity contribution is 0.0654. The van der Waals surface area contributed by atoms with E-state index in [2.05, 4.69) is 15.6 Å². The summed E-state index contributed by atoms with van der Waals surface area (Å²) in [5, 5.41) is 7.64. The zero-order valence-electron chi connectivity index (χ0n) is 16.5. The van der Waals surface area contributed by atoms with Crippen LogP contribution in [0.25, 0.3) is 0 Å². The Morgan fingerprint density at radius 3 is 2.45 bits per heavy atom. The van der Waals surface area contributed by atoms with E-state index in [4.69, 9.17) is 0 Å². The summed E-state index contributed by atoms with van der Waals surface area (Å²) in [5.41, 5.74) is 1.56. The second-order valence-electron chi connectivity index (χ2n) is 6.85. The second-order valence-corrected chi connectivity index (χ2v) is 7.74. The third-order valence-corrected chi connectivity index (χ3v) is 5.40. The lowest BCUT2D eigenvalue weighted by atomic mass is 10.1. The van der Waals surface area contributed by atoms with Gasteiger partial charge < -0.3 is 5.32 Å². The molecule has 2 N–H and O–H groups in total. The molecule has 4 amide bonds. The summed E-state index contributed by atoms with van der Waals surface area (Å²) in [4.78, 5) is 55.1. The minimum absolute atomic E-state index is 0.225. The van der Waals surface area contributed by atoms with Crippen molar-refractivity contribution in [3.63, 3.8) is 0 Å². The van der Waals surface area contributed by atoms with E-state index in [1.807, 2.05) is 6.92 Å². The van der Waals surface area contributed by atoms with Crippen LogP contribution in [0.2, 0.25) is 0 Å². The van der Waals surface area contributed by atoms with Crippen molar-refractivity contribution in [1.29, 1.82) is 0 Å². The highest BCUT2D eigenvalue weighted by Gasteiger charge is 2.35. The van der Waals surface area contributed by atoms with Crippen LogP contribution in [0.3, 0.4) is 0 Å². The van der Waals surface area contributed by atoms with Crippen LogP contribution in [0.4, 0.5) is 10.8 Å². The number of anilines is 2. The van der Waals surface area contributed by atoms with E-state index in [0.717, 1.165) is 0 Å². The second kappa shape index (κ2) is 8.49. The number of amides is 4. The molecule has 8 nitrogen and oxygen atoms in total. The van der Waals surface area contributed by atoms with E-state index in [9.17, 15) is 19.2 Å². The number of nitrogens with zero attached hydrogens (tertiary/aromatic N) is 2. The van der Waals surface area contributed by atoms with Crippen LogP contribution in [-0.4, -0.2) is 40.1 Å². The molecule has 1 aromatic heterocycles. The number of aromatic nitrogens is 1. The first-order valence-corrected chi connectivity index (χ1v) is 10.5. The van der Waals surface area contributed by atoms with Crippen LogP contribution < -0.4 is 10.6 Å². The summed E-state index contributed by atoms with van der Waals surface area (Å²) in [7, 11) is 0. The SMILES string of the molecule is CCCN1C(=O)c2ccc(C(=O)Nc3cccc(C(=O)Nc4nccs4)c3)cc2C1=O. The van der Waals surface area contributed by atoms with Crippen molar-refractivity contribution in [2.24, 2.45) is 0 Å². The Bertz CT molecular complexity index is 1190. The van der Waals surface area contributed by atoms with Crippen molar-refractivity contribution in [1.82, 2.24) is 9.88 Å². The standard InChI is InChI=1S/C22H18N4O4S/c1-2-9-26-20(29)16-7-6-14(12-17(16)21(26)30)18(27)24-15-5-3-4-13(11-15)19(28)25-22-23-8-10-31-22/h3-8,10-12H,2,9H2,1H3,(H,24,27)(H,23,25,28). The van der Waals surface area contributed by atoms with Gasteiger partial charge in [-0.1, -0.05) is 13.0 Å². The van der Waals surface area contributed by atoms with Crippen molar-refractivity contribution in [3.05, 3.63) is 76.3 Å². The molecule has 0 bridgehead atoms. The molecular formula is C22H18N4O4S. The first-order chi connectivity index (χ1) is 15.0. The van der Waals surface area contributed by atoms with Gasteiger partial charge in [0, 0.05) is 34.9 Å². The number of rotatable bonds is 6. The number of fused-ring (bicyclic) bond motifs is 1. The normalized spacial score (nSPS) is 12.6. The van der Waals surface area contributed by atoms with E-state index in [1.165, 1.54) is 34.4 Å². The van der Waals surface area contributed by atoms with Crippen molar-refractivity contribution >= 4 is 45.8 Å². The maximum atomic E-state index is 12.7. The van der Waals surface area contributed by atoms with Gasteiger partial charge >= 0.3 is 0 Å². The Morgan fingerprint density at radius 2 is 1.71 bits per heavy atom. The molecule has 9 heteroatoms. The van der Waals surface area contributed by atoms with Crippen molar-refractivity contribution < 1.29 is 19.2 Å². The molecule has 1 aliphatic heterocycles. The van der Waals surface area contributed by atoms with Gasteiger partial charge in [0.2, 0.25) is 0 Å². The highest BCUT2D eigenvalue weighted by atomic mass is 32.1. The van der Waals surface area contributed by atoms with Gasteiger partial charge in [-0.25, -0.2) is 4.98 Å². The third-order valence-electron chi connectivity index (χ3n) is 4.72. The molecule has 0 atom stereocenters. The first kappa shape index (κ1) is 20.4. The van der Waals surface area contributed by atoms with E-state index in [1.54, 1.807) is 35.8 Å². The summed E-state index contributed by atoms with van der Waals surface area (Å²) in [6, 6.07) is 10.9. The van der Waals surface area contributed by atoms with Gasteiger partial charge in [-0.15, -0.1) is 11.3 Å². The lowest BCUT2D eigenvalue weighted by Gasteiger charge is -2.11. The highest BCUT2D eigenvalue weighted by Crippen LogP contribution is 2.25. The number of nitrogens with one attached hydrogen (secondary N) is 2. The summed E-state index contributed by atoms with van der Waals surface area (Å²) >= 11 is 1.30. The molecule has 4 rings (SSSR count). The minimum Gasteiger partial charge on any atom is -0.322 e. The predicted octanol–water partition coefficient (Wildman–Crippen LogP) is 3.65. The largest absolute Gasteiger partial charge is 0.322 e. The molecule has 2 aromatic carbocycles. The monoisotopic (exact) mass is 434 g/mol. The maximum absolute atomic E-state index is 12.7. The average molecular weight is 434 g/mol. The van der Waals surface area contributed by atoms with Crippen LogP contribution in [0, 0.1) is 0 Å². The Morgan fingerprint density at radius 1 is 0.968 bits per heavy atom. The number of carbonyl (C=O) groups excluding carboxylic acids is 4. The van der Waals surface area contributed by atoms with Gasteiger partial charge in [-0.05, 0) is 42.8 Å². The molecule has 0 saturated heterocycles. The van der Waals surface area contributed by atoms with Crippen LogP contribution in [0.5, 0.6) is 0 Å². The van der Waals surface area contributed by atoms with Crippen molar-refractivity contribution in [2.45, 2.75) is 13.3 Å². The molecule has 0 fully saturated rings.